The Hall–Kier alpha value is -4.25. The highest BCUT2D eigenvalue weighted by atomic mass is 16.7. The summed E-state index contributed by atoms with van der Waals surface area (Å²) in [7, 11) is 0. The number of H-pyrrole nitrogens is 1. The van der Waals surface area contributed by atoms with Gasteiger partial charge in [0, 0.05) is 34.1 Å². The maximum absolute atomic E-state index is 11.4. The quantitative estimate of drug-likeness (QED) is 0.178. The lowest BCUT2D eigenvalue weighted by molar-refractivity contribution is 0.142. The highest BCUT2D eigenvalue weighted by Crippen LogP contribution is 2.36. The van der Waals surface area contributed by atoms with Gasteiger partial charge in [0.05, 0.1) is 5.52 Å². The number of rotatable bonds is 7. The van der Waals surface area contributed by atoms with Crippen molar-refractivity contribution in [1.82, 2.24) is 4.98 Å². The maximum Gasteiger partial charge on any atom is 0.512 e. The number of ether oxygens (including phenoxy) is 1. The lowest BCUT2D eigenvalue weighted by Crippen LogP contribution is -2.07. The monoisotopic (exact) mass is 450 g/mol. The first-order chi connectivity index (χ1) is 16.6. The van der Waals surface area contributed by atoms with Gasteiger partial charge in [-0.25, -0.2) is 4.79 Å². The zero-order chi connectivity index (χ0) is 23.5. The Bertz CT molecular complexity index is 1480. The number of fused-ring (bicyclic) bond motifs is 2. The Kier molecular flexibility index (Phi) is 5.91. The predicted octanol–water partition coefficient (Wildman–Crippen LogP) is 7.40. The molecule has 3 N–H and O–H groups in total. The van der Waals surface area contributed by atoms with Gasteiger partial charge in [0.15, 0.2) is 0 Å². The van der Waals surface area contributed by atoms with Gasteiger partial charge in [0.2, 0.25) is 5.88 Å². The van der Waals surface area contributed by atoms with Crippen molar-refractivity contribution < 1.29 is 14.6 Å². The molecule has 0 saturated heterocycles. The Morgan fingerprint density at radius 1 is 0.882 bits per heavy atom. The molecule has 0 aliphatic rings. The van der Waals surface area contributed by atoms with E-state index in [4.69, 9.17) is 4.74 Å². The molecule has 0 radical (unpaired) electrons. The molecule has 0 aliphatic carbocycles. The van der Waals surface area contributed by atoms with Gasteiger partial charge in [-0.2, -0.15) is 0 Å². The van der Waals surface area contributed by atoms with Crippen LogP contribution in [0.1, 0.15) is 17.5 Å². The number of hydrogen-bond donors (Lipinski definition) is 3. The van der Waals surface area contributed by atoms with Gasteiger partial charge in [0.1, 0.15) is 0 Å². The number of aromatic nitrogens is 1. The lowest BCUT2D eigenvalue weighted by atomic mass is 9.97. The van der Waals surface area contributed by atoms with E-state index in [9.17, 15) is 9.90 Å². The van der Waals surface area contributed by atoms with Crippen molar-refractivity contribution in [2.24, 2.45) is 0 Å². The van der Waals surface area contributed by atoms with Crippen molar-refractivity contribution in [3.05, 3.63) is 96.1 Å². The molecule has 4 aromatic carbocycles. The van der Waals surface area contributed by atoms with Crippen LogP contribution in [0.5, 0.6) is 5.88 Å². The zero-order valence-electron chi connectivity index (χ0n) is 19.0. The summed E-state index contributed by atoms with van der Waals surface area (Å²) in [6.07, 6.45) is 0.178. The summed E-state index contributed by atoms with van der Waals surface area (Å²) in [5, 5.41) is 16.2. The molecule has 5 rings (SSSR count). The van der Waals surface area contributed by atoms with Crippen LogP contribution in [0.15, 0.2) is 84.9 Å². The van der Waals surface area contributed by atoms with Gasteiger partial charge in [0.25, 0.3) is 0 Å². The van der Waals surface area contributed by atoms with E-state index in [0.29, 0.717) is 12.3 Å². The Morgan fingerprint density at radius 2 is 1.59 bits per heavy atom. The summed E-state index contributed by atoms with van der Waals surface area (Å²) < 4.78 is 5.17. The van der Waals surface area contributed by atoms with Crippen molar-refractivity contribution in [2.45, 2.75) is 19.8 Å². The highest BCUT2D eigenvalue weighted by Gasteiger charge is 2.18. The predicted molar refractivity (Wildman–Crippen MR) is 138 cm³/mol. The minimum Gasteiger partial charge on any atom is -0.449 e. The van der Waals surface area contributed by atoms with Gasteiger partial charge in [-0.05, 0) is 42.3 Å². The third-order valence-electron chi connectivity index (χ3n) is 6.24. The Morgan fingerprint density at radius 3 is 2.44 bits per heavy atom. The molecule has 170 valence electrons. The van der Waals surface area contributed by atoms with Crippen LogP contribution in [0.2, 0.25) is 0 Å². The molecular weight excluding hydrogens is 424 g/mol. The van der Waals surface area contributed by atoms with E-state index in [1.165, 1.54) is 10.8 Å². The summed E-state index contributed by atoms with van der Waals surface area (Å²) in [5.41, 5.74) is 6.18. The Labute approximate surface area is 198 Å². The third-order valence-corrected chi connectivity index (χ3v) is 6.24. The van der Waals surface area contributed by atoms with Gasteiger partial charge < -0.3 is 20.1 Å². The summed E-state index contributed by atoms with van der Waals surface area (Å²) in [4.78, 5) is 14.6. The first-order valence-corrected chi connectivity index (χ1v) is 11.4. The van der Waals surface area contributed by atoms with Crippen molar-refractivity contribution in [3.8, 4) is 17.0 Å². The highest BCUT2D eigenvalue weighted by molar-refractivity contribution is 5.98. The van der Waals surface area contributed by atoms with Crippen molar-refractivity contribution in [2.75, 3.05) is 11.9 Å². The second-order valence-corrected chi connectivity index (χ2v) is 8.40. The van der Waals surface area contributed by atoms with E-state index in [-0.39, 0.29) is 0 Å². The number of anilines is 1. The van der Waals surface area contributed by atoms with Gasteiger partial charge in [-0.1, -0.05) is 78.9 Å². The molecule has 0 saturated carbocycles. The van der Waals surface area contributed by atoms with E-state index >= 15 is 0 Å². The molecular formula is C29H26N2O3. The van der Waals surface area contributed by atoms with Gasteiger partial charge >= 0.3 is 6.16 Å². The fourth-order valence-corrected chi connectivity index (χ4v) is 4.64. The smallest absolute Gasteiger partial charge is 0.449 e. The normalized spacial score (nSPS) is 11.1. The van der Waals surface area contributed by atoms with E-state index in [1.807, 2.05) is 36.4 Å². The lowest BCUT2D eigenvalue weighted by Gasteiger charge is -2.10. The van der Waals surface area contributed by atoms with E-state index < -0.39 is 6.16 Å². The average molecular weight is 451 g/mol. The minimum atomic E-state index is -1.32. The molecule has 5 heteroatoms. The molecule has 0 atom stereocenters. The first kappa shape index (κ1) is 21.6. The maximum atomic E-state index is 11.4. The van der Waals surface area contributed by atoms with E-state index in [2.05, 4.69) is 65.8 Å². The summed E-state index contributed by atoms with van der Waals surface area (Å²) in [5.74, 6) is 0.300. The number of carbonyl (C=O) groups is 1. The van der Waals surface area contributed by atoms with Crippen LogP contribution in [0.4, 0.5) is 10.5 Å². The van der Waals surface area contributed by atoms with Crippen LogP contribution >= 0.6 is 0 Å². The standard InChI is InChI=1S/C29H26N2O3/c1-19-9-2-4-12-21(19)23-14-7-15-24-25(28(31-27(23)24)34-29(32)33)16-8-18-30-26-17-6-11-20-10-3-5-13-22(20)26/h2-7,9-15,17,30-31H,8,16,18H2,1H3,(H,32,33). The Balaban J connectivity index is 1.42. The van der Waals surface area contributed by atoms with Crippen molar-refractivity contribution >= 4 is 33.5 Å². The van der Waals surface area contributed by atoms with Gasteiger partial charge in [-0.3, -0.25) is 0 Å². The minimum absolute atomic E-state index is 0.300. The second kappa shape index (κ2) is 9.32. The fraction of sp³-hybridized carbons (Fsp3) is 0.138. The summed E-state index contributed by atoms with van der Waals surface area (Å²) in [6.45, 7) is 2.83. The van der Waals surface area contributed by atoms with Crippen LogP contribution in [-0.4, -0.2) is 22.8 Å². The molecule has 34 heavy (non-hydrogen) atoms. The number of aryl methyl sites for hydroxylation is 2. The van der Waals surface area contributed by atoms with E-state index in [0.717, 1.165) is 51.8 Å². The summed E-state index contributed by atoms with van der Waals surface area (Å²) >= 11 is 0. The molecule has 0 bridgehead atoms. The topological polar surface area (TPSA) is 74.3 Å². The largest absolute Gasteiger partial charge is 0.512 e. The molecule has 5 nitrogen and oxygen atoms in total. The molecule has 0 aliphatic heterocycles. The number of para-hydroxylation sites is 1. The second-order valence-electron chi connectivity index (χ2n) is 8.40. The van der Waals surface area contributed by atoms with Crippen molar-refractivity contribution in [3.63, 3.8) is 0 Å². The number of hydrogen-bond acceptors (Lipinski definition) is 3. The number of aromatic amines is 1. The molecule has 0 amide bonds. The fourth-order valence-electron chi connectivity index (χ4n) is 4.64. The molecule has 0 fully saturated rings. The number of benzene rings is 4. The molecule has 5 aromatic rings. The van der Waals surface area contributed by atoms with Crippen LogP contribution in [-0.2, 0) is 6.42 Å². The molecule has 0 spiro atoms. The van der Waals surface area contributed by atoms with Gasteiger partial charge in [-0.15, -0.1) is 0 Å². The van der Waals surface area contributed by atoms with Crippen LogP contribution in [0, 0.1) is 6.92 Å². The van der Waals surface area contributed by atoms with Crippen molar-refractivity contribution in [1.29, 1.82) is 0 Å². The van der Waals surface area contributed by atoms with E-state index in [1.54, 1.807) is 0 Å². The third kappa shape index (κ3) is 4.20. The SMILES string of the molecule is Cc1ccccc1-c1cccc2c(CCCNc3cccc4ccccc34)c(OC(=O)O)[nH]c12. The summed E-state index contributed by atoms with van der Waals surface area (Å²) in [6, 6.07) is 28.8. The molecule has 0 unspecified atom stereocenters. The van der Waals surface area contributed by atoms with Crippen LogP contribution in [0.3, 0.4) is 0 Å². The first-order valence-electron chi connectivity index (χ1n) is 11.4. The zero-order valence-corrected chi connectivity index (χ0v) is 19.0. The number of carboxylic acid groups (broad SMARTS) is 1. The van der Waals surface area contributed by atoms with Crippen LogP contribution in [0.25, 0.3) is 32.8 Å². The number of nitrogens with one attached hydrogen (secondary N) is 2. The van der Waals surface area contributed by atoms with Crippen LogP contribution < -0.4 is 10.1 Å². The molecule has 1 heterocycles. The average Bonchev–Trinajstić information content (AvgIpc) is 3.18. The molecule has 1 aromatic heterocycles.